The van der Waals surface area contributed by atoms with Crippen LogP contribution in [0, 0.1) is 12.8 Å². The number of hydrogen-bond acceptors (Lipinski definition) is 4. The fraction of sp³-hybridized carbons (Fsp3) is 0.471. The molecule has 130 valence electrons. The van der Waals surface area contributed by atoms with Crippen molar-refractivity contribution in [3.05, 3.63) is 29.8 Å². The average molecular weight is 349 g/mol. The molecule has 0 spiro atoms. The highest BCUT2D eigenvalue weighted by Gasteiger charge is 2.21. The maximum atomic E-state index is 12.0. The number of nitrogens with one attached hydrogen (secondary N) is 3. The predicted octanol–water partition coefficient (Wildman–Crippen LogP) is 1.98. The smallest absolute Gasteiger partial charge is 0.276 e. The molecule has 0 unspecified atom stereocenters. The third kappa shape index (κ3) is 6.16. The summed E-state index contributed by atoms with van der Waals surface area (Å²) in [5.74, 6) is 0.167. The maximum Gasteiger partial charge on any atom is 0.276 e. The topological polar surface area (TPSA) is 79.5 Å². The minimum absolute atomic E-state index is 0.0128. The van der Waals surface area contributed by atoms with E-state index in [2.05, 4.69) is 16.2 Å². The quantitative estimate of drug-likeness (QED) is 0.572. The molecule has 0 aliphatic heterocycles. The van der Waals surface area contributed by atoms with Crippen molar-refractivity contribution in [2.24, 2.45) is 5.92 Å². The van der Waals surface area contributed by atoms with Crippen LogP contribution in [0.25, 0.3) is 0 Å². The van der Waals surface area contributed by atoms with Crippen molar-refractivity contribution in [2.75, 3.05) is 6.61 Å². The van der Waals surface area contributed by atoms with Crippen molar-refractivity contribution in [1.82, 2.24) is 16.2 Å². The third-order valence-electron chi connectivity index (χ3n) is 3.89. The van der Waals surface area contributed by atoms with E-state index in [-0.39, 0.29) is 29.5 Å². The lowest BCUT2D eigenvalue weighted by Gasteiger charge is -2.21. The summed E-state index contributed by atoms with van der Waals surface area (Å²) in [5.41, 5.74) is 5.98. The van der Waals surface area contributed by atoms with Gasteiger partial charge in [-0.05, 0) is 49.7 Å². The second kappa shape index (κ2) is 9.22. The fourth-order valence-electron chi connectivity index (χ4n) is 2.63. The molecule has 1 saturated carbocycles. The lowest BCUT2D eigenvalue weighted by atomic mass is 9.89. The number of carbonyl (C=O) groups excluding carboxylic acids is 2. The van der Waals surface area contributed by atoms with Gasteiger partial charge in [-0.15, -0.1) is 0 Å². The van der Waals surface area contributed by atoms with Gasteiger partial charge in [-0.3, -0.25) is 20.4 Å². The number of aryl methyl sites for hydroxylation is 1. The summed E-state index contributed by atoms with van der Waals surface area (Å²) in [5, 5.41) is 2.70. The Morgan fingerprint density at radius 1 is 1.21 bits per heavy atom. The molecular formula is C17H23N3O3S. The average Bonchev–Trinajstić information content (AvgIpc) is 2.59. The van der Waals surface area contributed by atoms with E-state index in [1.54, 1.807) is 6.07 Å². The van der Waals surface area contributed by atoms with Gasteiger partial charge in [0.05, 0.1) is 0 Å². The van der Waals surface area contributed by atoms with Gasteiger partial charge in [-0.2, -0.15) is 0 Å². The first-order valence-electron chi connectivity index (χ1n) is 8.14. The Bertz CT molecular complexity index is 600. The predicted molar refractivity (Wildman–Crippen MR) is 95.3 cm³/mol. The summed E-state index contributed by atoms with van der Waals surface area (Å²) in [4.78, 5) is 23.7. The van der Waals surface area contributed by atoms with Crippen LogP contribution in [0.15, 0.2) is 24.3 Å². The molecular weight excluding hydrogens is 326 g/mol. The summed E-state index contributed by atoms with van der Waals surface area (Å²) in [6.45, 7) is 1.80. The van der Waals surface area contributed by atoms with Crippen molar-refractivity contribution in [1.29, 1.82) is 0 Å². The van der Waals surface area contributed by atoms with Gasteiger partial charge in [-0.25, -0.2) is 0 Å². The van der Waals surface area contributed by atoms with Gasteiger partial charge in [0.1, 0.15) is 5.75 Å². The van der Waals surface area contributed by atoms with Crippen molar-refractivity contribution in [2.45, 2.75) is 39.0 Å². The molecule has 2 rings (SSSR count). The number of amides is 2. The van der Waals surface area contributed by atoms with Crippen LogP contribution in [0.5, 0.6) is 5.75 Å². The van der Waals surface area contributed by atoms with Gasteiger partial charge in [0.15, 0.2) is 11.7 Å². The molecule has 0 bridgehead atoms. The number of hydrogen-bond donors (Lipinski definition) is 3. The maximum absolute atomic E-state index is 12.0. The van der Waals surface area contributed by atoms with Crippen LogP contribution >= 0.6 is 12.2 Å². The van der Waals surface area contributed by atoms with Gasteiger partial charge >= 0.3 is 0 Å². The van der Waals surface area contributed by atoms with E-state index in [0.29, 0.717) is 5.75 Å². The van der Waals surface area contributed by atoms with E-state index in [1.807, 2.05) is 25.1 Å². The van der Waals surface area contributed by atoms with Gasteiger partial charge < -0.3 is 10.1 Å². The Labute approximate surface area is 147 Å². The van der Waals surface area contributed by atoms with E-state index >= 15 is 0 Å². The first-order valence-corrected chi connectivity index (χ1v) is 8.54. The molecule has 1 aliphatic carbocycles. The van der Waals surface area contributed by atoms with Crippen molar-refractivity contribution < 1.29 is 14.3 Å². The molecule has 24 heavy (non-hydrogen) atoms. The molecule has 0 aromatic heterocycles. The minimum Gasteiger partial charge on any atom is -0.484 e. The monoisotopic (exact) mass is 349 g/mol. The lowest BCUT2D eigenvalue weighted by molar-refractivity contribution is -0.125. The number of carbonyl (C=O) groups is 2. The van der Waals surface area contributed by atoms with Crippen molar-refractivity contribution in [3.8, 4) is 5.75 Å². The van der Waals surface area contributed by atoms with Crippen LogP contribution in [0.1, 0.15) is 37.7 Å². The molecule has 0 atom stereocenters. The Morgan fingerprint density at radius 2 is 1.96 bits per heavy atom. The normalized spacial score (nSPS) is 14.5. The van der Waals surface area contributed by atoms with Crippen LogP contribution in [-0.4, -0.2) is 23.5 Å². The number of benzene rings is 1. The van der Waals surface area contributed by atoms with Gasteiger partial charge in [0, 0.05) is 5.92 Å². The summed E-state index contributed by atoms with van der Waals surface area (Å²) >= 11 is 5.01. The molecule has 2 amide bonds. The fourth-order valence-corrected chi connectivity index (χ4v) is 2.78. The lowest BCUT2D eigenvalue weighted by Crippen LogP contribution is -2.50. The Kier molecular flexibility index (Phi) is 6.99. The van der Waals surface area contributed by atoms with Crippen LogP contribution < -0.4 is 20.9 Å². The summed E-state index contributed by atoms with van der Waals surface area (Å²) in [6, 6.07) is 7.43. The number of hydrazine groups is 1. The Morgan fingerprint density at radius 3 is 2.67 bits per heavy atom. The number of thiocarbonyl (C=S) groups is 1. The van der Waals surface area contributed by atoms with Gasteiger partial charge in [0.25, 0.3) is 5.91 Å². The van der Waals surface area contributed by atoms with E-state index in [0.717, 1.165) is 31.2 Å². The largest absolute Gasteiger partial charge is 0.484 e. The summed E-state index contributed by atoms with van der Waals surface area (Å²) < 4.78 is 5.37. The molecule has 0 heterocycles. The van der Waals surface area contributed by atoms with Crippen molar-refractivity contribution in [3.63, 3.8) is 0 Å². The standard InChI is InChI=1S/C17H23N3O3S/c1-12-6-5-9-14(10-12)23-11-15(21)19-20-17(24)18-16(22)13-7-3-2-4-8-13/h5-6,9-10,13H,2-4,7-8,11H2,1H3,(H,19,21)(H2,18,20,22,24). The Hall–Kier alpha value is -2.15. The molecule has 3 N–H and O–H groups in total. The van der Waals surface area contributed by atoms with E-state index in [1.165, 1.54) is 6.42 Å². The third-order valence-corrected chi connectivity index (χ3v) is 4.09. The van der Waals surface area contributed by atoms with Crippen LogP contribution in [0.4, 0.5) is 0 Å². The van der Waals surface area contributed by atoms with E-state index in [4.69, 9.17) is 17.0 Å². The molecule has 1 aliphatic rings. The second-order valence-electron chi connectivity index (χ2n) is 5.93. The zero-order valence-electron chi connectivity index (χ0n) is 13.8. The first kappa shape index (κ1) is 18.2. The molecule has 1 aromatic carbocycles. The van der Waals surface area contributed by atoms with Crippen LogP contribution in [0.2, 0.25) is 0 Å². The van der Waals surface area contributed by atoms with E-state index < -0.39 is 0 Å². The summed E-state index contributed by atoms with van der Waals surface area (Å²) in [6.07, 6.45) is 5.12. The van der Waals surface area contributed by atoms with E-state index in [9.17, 15) is 9.59 Å². The zero-order chi connectivity index (χ0) is 17.4. The van der Waals surface area contributed by atoms with Crippen LogP contribution in [0.3, 0.4) is 0 Å². The molecule has 6 nitrogen and oxygen atoms in total. The van der Waals surface area contributed by atoms with Crippen molar-refractivity contribution >= 4 is 29.1 Å². The number of ether oxygens (including phenoxy) is 1. The second-order valence-corrected chi connectivity index (χ2v) is 6.34. The van der Waals surface area contributed by atoms with Gasteiger partial charge in [0.2, 0.25) is 5.91 Å². The van der Waals surface area contributed by atoms with Gasteiger partial charge in [-0.1, -0.05) is 31.4 Å². The Balaban J connectivity index is 1.65. The molecule has 7 heteroatoms. The minimum atomic E-state index is -0.384. The highest BCUT2D eigenvalue weighted by molar-refractivity contribution is 7.80. The van der Waals surface area contributed by atoms with Crippen LogP contribution in [-0.2, 0) is 9.59 Å². The molecule has 0 radical (unpaired) electrons. The first-order chi connectivity index (χ1) is 11.5. The molecule has 0 saturated heterocycles. The highest BCUT2D eigenvalue weighted by atomic mass is 32.1. The SMILES string of the molecule is Cc1cccc(OCC(=O)NNC(=S)NC(=O)C2CCCCC2)c1. The zero-order valence-corrected chi connectivity index (χ0v) is 14.6. The number of rotatable bonds is 4. The molecule has 1 aromatic rings. The summed E-state index contributed by atoms with van der Waals surface area (Å²) in [7, 11) is 0. The highest BCUT2D eigenvalue weighted by Crippen LogP contribution is 2.23. The molecule has 1 fully saturated rings.